The minimum Gasteiger partial charge on any atom is -0.491 e. The van der Waals surface area contributed by atoms with E-state index in [1.54, 1.807) is 19.1 Å². The second-order valence-corrected chi connectivity index (χ2v) is 5.99. The van der Waals surface area contributed by atoms with Crippen molar-refractivity contribution in [3.05, 3.63) is 53.1 Å². The second-order valence-electron chi connectivity index (χ2n) is 5.99. The SMILES string of the molecule is CCC(=O)Oc1ccc(C)c(NCCc2ccc(C(F)(F)F)cc2)c1OC. The van der Waals surface area contributed by atoms with Crippen molar-refractivity contribution in [2.45, 2.75) is 32.9 Å². The van der Waals surface area contributed by atoms with Gasteiger partial charge in [0.1, 0.15) is 0 Å². The third kappa shape index (κ3) is 5.39. The van der Waals surface area contributed by atoms with Gasteiger partial charge in [0.2, 0.25) is 0 Å². The minimum atomic E-state index is -4.34. The number of esters is 1. The summed E-state index contributed by atoms with van der Waals surface area (Å²) in [5, 5.41) is 3.22. The van der Waals surface area contributed by atoms with Crippen molar-refractivity contribution in [2.75, 3.05) is 19.0 Å². The molecule has 0 aromatic heterocycles. The van der Waals surface area contributed by atoms with Crippen LogP contribution in [0.2, 0.25) is 0 Å². The monoisotopic (exact) mass is 381 g/mol. The van der Waals surface area contributed by atoms with Crippen molar-refractivity contribution >= 4 is 11.7 Å². The number of methoxy groups -OCH3 is 1. The number of halogens is 3. The van der Waals surface area contributed by atoms with Crippen LogP contribution in [0.5, 0.6) is 11.5 Å². The van der Waals surface area contributed by atoms with Gasteiger partial charge in [-0.15, -0.1) is 0 Å². The van der Waals surface area contributed by atoms with E-state index in [4.69, 9.17) is 9.47 Å². The summed E-state index contributed by atoms with van der Waals surface area (Å²) in [5.74, 6) is 0.379. The van der Waals surface area contributed by atoms with Gasteiger partial charge in [-0.3, -0.25) is 4.79 Å². The Bertz CT molecular complexity index is 786. The van der Waals surface area contributed by atoms with E-state index in [-0.39, 0.29) is 12.4 Å². The highest BCUT2D eigenvalue weighted by molar-refractivity contribution is 5.76. The number of nitrogens with one attached hydrogen (secondary N) is 1. The molecule has 0 spiro atoms. The summed E-state index contributed by atoms with van der Waals surface area (Å²) in [6.07, 6.45) is -3.56. The molecule has 2 aromatic rings. The molecular weight excluding hydrogens is 359 g/mol. The molecule has 27 heavy (non-hydrogen) atoms. The topological polar surface area (TPSA) is 47.6 Å². The van der Waals surface area contributed by atoms with Gasteiger partial charge >= 0.3 is 12.1 Å². The lowest BCUT2D eigenvalue weighted by atomic mass is 10.1. The van der Waals surface area contributed by atoms with Gasteiger partial charge in [-0.25, -0.2) is 0 Å². The average Bonchev–Trinajstić information content (AvgIpc) is 2.63. The second kappa shape index (κ2) is 8.79. The summed E-state index contributed by atoms with van der Waals surface area (Å²) in [5.41, 5.74) is 1.70. The van der Waals surface area contributed by atoms with Crippen molar-refractivity contribution in [1.29, 1.82) is 0 Å². The highest BCUT2D eigenvalue weighted by Crippen LogP contribution is 2.38. The van der Waals surface area contributed by atoms with Crippen LogP contribution < -0.4 is 14.8 Å². The number of hydrogen-bond acceptors (Lipinski definition) is 4. The minimum absolute atomic E-state index is 0.244. The summed E-state index contributed by atoms with van der Waals surface area (Å²) in [7, 11) is 1.49. The van der Waals surface area contributed by atoms with Crippen LogP contribution in [0, 0.1) is 6.92 Å². The van der Waals surface area contributed by atoms with Crippen LogP contribution in [0.25, 0.3) is 0 Å². The lowest BCUT2D eigenvalue weighted by molar-refractivity contribution is -0.137. The summed E-state index contributed by atoms with van der Waals surface area (Å²) >= 11 is 0. The first kappa shape index (κ1) is 20.6. The molecule has 0 atom stereocenters. The summed E-state index contributed by atoms with van der Waals surface area (Å²) in [6, 6.07) is 8.56. The van der Waals surface area contributed by atoms with Gasteiger partial charge in [-0.1, -0.05) is 25.1 Å². The van der Waals surface area contributed by atoms with E-state index >= 15 is 0 Å². The molecule has 2 rings (SSSR count). The van der Waals surface area contributed by atoms with Crippen LogP contribution in [-0.4, -0.2) is 19.6 Å². The lowest BCUT2D eigenvalue weighted by Gasteiger charge is -2.17. The van der Waals surface area contributed by atoms with Gasteiger partial charge in [0.25, 0.3) is 0 Å². The van der Waals surface area contributed by atoms with Gasteiger partial charge in [0.05, 0.1) is 18.4 Å². The van der Waals surface area contributed by atoms with Crippen molar-refractivity contribution in [3.63, 3.8) is 0 Å². The van der Waals surface area contributed by atoms with Crippen LogP contribution >= 0.6 is 0 Å². The van der Waals surface area contributed by atoms with Gasteiger partial charge < -0.3 is 14.8 Å². The molecule has 146 valence electrons. The van der Waals surface area contributed by atoms with Crippen LogP contribution in [0.4, 0.5) is 18.9 Å². The molecule has 0 unspecified atom stereocenters. The fourth-order valence-electron chi connectivity index (χ4n) is 2.55. The molecule has 0 saturated heterocycles. The smallest absolute Gasteiger partial charge is 0.416 e. The number of alkyl halides is 3. The number of ether oxygens (including phenoxy) is 2. The van der Waals surface area contributed by atoms with Crippen LogP contribution in [0.15, 0.2) is 36.4 Å². The molecule has 0 fully saturated rings. The Morgan fingerprint density at radius 2 is 1.78 bits per heavy atom. The molecule has 1 N–H and O–H groups in total. The van der Waals surface area contributed by atoms with Gasteiger partial charge in [0, 0.05) is 13.0 Å². The molecule has 0 aliphatic carbocycles. The molecule has 0 radical (unpaired) electrons. The molecule has 0 amide bonds. The fraction of sp³-hybridized carbons (Fsp3) is 0.350. The van der Waals surface area contributed by atoms with E-state index in [0.717, 1.165) is 23.3 Å². The van der Waals surface area contributed by atoms with Crippen LogP contribution in [0.3, 0.4) is 0 Å². The van der Waals surface area contributed by atoms with Crippen molar-refractivity contribution in [1.82, 2.24) is 0 Å². The fourth-order valence-corrected chi connectivity index (χ4v) is 2.55. The maximum Gasteiger partial charge on any atom is 0.416 e. The Hall–Kier alpha value is -2.70. The van der Waals surface area contributed by atoms with E-state index in [0.29, 0.717) is 30.2 Å². The summed E-state index contributed by atoms with van der Waals surface area (Å²) in [4.78, 5) is 11.6. The predicted molar refractivity (Wildman–Crippen MR) is 97.3 cm³/mol. The van der Waals surface area contributed by atoms with Crippen molar-refractivity contribution in [3.8, 4) is 11.5 Å². The molecule has 7 heteroatoms. The largest absolute Gasteiger partial charge is 0.491 e. The highest BCUT2D eigenvalue weighted by atomic mass is 19.4. The first-order valence-corrected chi connectivity index (χ1v) is 8.54. The van der Waals surface area contributed by atoms with Crippen LogP contribution in [0.1, 0.15) is 30.0 Å². The molecule has 4 nitrogen and oxygen atoms in total. The Labute approximate surface area is 156 Å². The van der Waals surface area contributed by atoms with Crippen molar-refractivity contribution < 1.29 is 27.4 Å². The van der Waals surface area contributed by atoms with Gasteiger partial charge in [-0.2, -0.15) is 13.2 Å². The Balaban J connectivity index is 2.08. The molecule has 0 aliphatic rings. The Kier molecular flexibility index (Phi) is 6.71. The summed E-state index contributed by atoms with van der Waals surface area (Å²) < 4.78 is 48.5. The zero-order chi connectivity index (χ0) is 20.0. The Morgan fingerprint density at radius 1 is 1.11 bits per heavy atom. The summed E-state index contributed by atoms with van der Waals surface area (Å²) in [6.45, 7) is 4.06. The number of benzene rings is 2. The highest BCUT2D eigenvalue weighted by Gasteiger charge is 2.29. The van der Waals surface area contributed by atoms with E-state index in [1.807, 2.05) is 6.92 Å². The van der Waals surface area contributed by atoms with Crippen LogP contribution in [-0.2, 0) is 17.4 Å². The van der Waals surface area contributed by atoms with E-state index in [2.05, 4.69) is 5.32 Å². The number of hydrogen-bond donors (Lipinski definition) is 1. The zero-order valence-corrected chi connectivity index (χ0v) is 15.4. The van der Waals surface area contributed by atoms with E-state index in [1.165, 1.54) is 19.2 Å². The number of aryl methyl sites for hydroxylation is 1. The molecule has 0 bridgehead atoms. The van der Waals surface area contributed by atoms with E-state index < -0.39 is 11.7 Å². The molecule has 2 aromatic carbocycles. The van der Waals surface area contributed by atoms with Crippen molar-refractivity contribution in [2.24, 2.45) is 0 Å². The first-order chi connectivity index (χ1) is 12.8. The number of carbonyl (C=O) groups excluding carboxylic acids is 1. The number of rotatable bonds is 7. The zero-order valence-electron chi connectivity index (χ0n) is 15.4. The maximum atomic E-state index is 12.6. The average molecular weight is 381 g/mol. The number of carbonyl (C=O) groups is 1. The standard InChI is InChI=1S/C20H22F3NO3/c1-4-17(25)27-16-10-5-13(2)18(19(16)26-3)24-12-11-14-6-8-15(9-7-14)20(21,22)23/h5-10,24H,4,11-12H2,1-3H3. The lowest BCUT2D eigenvalue weighted by Crippen LogP contribution is -2.11. The molecule has 0 aliphatic heterocycles. The number of anilines is 1. The first-order valence-electron chi connectivity index (χ1n) is 8.54. The van der Waals surface area contributed by atoms with E-state index in [9.17, 15) is 18.0 Å². The third-order valence-corrected chi connectivity index (χ3v) is 4.04. The third-order valence-electron chi connectivity index (χ3n) is 4.04. The maximum absolute atomic E-state index is 12.6. The molecule has 0 heterocycles. The molecular formula is C20H22F3NO3. The Morgan fingerprint density at radius 3 is 2.33 bits per heavy atom. The normalized spacial score (nSPS) is 11.2. The van der Waals surface area contributed by atoms with Gasteiger partial charge in [0.15, 0.2) is 11.5 Å². The van der Waals surface area contributed by atoms with Gasteiger partial charge in [-0.05, 0) is 42.7 Å². The quantitative estimate of drug-likeness (QED) is 0.542. The molecule has 0 saturated carbocycles. The predicted octanol–water partition coefficient (Wildman–Crippen LogP) is 4.99.